The third-order valence-corrected chi connectivity index (χ3v) is 4.84. The van der Waals surface area contributed by atoms with Crippen molar-refractivity contribution in [2.45, 2.75) is 6.92 Å². The number of carbonyl (C=O) groups excluding carboxylic acids is 2. The minimum atomic E-state index is -0.508. The Kier molecular flexibility index (Phi) is 7.04. The van der Waals surface area contributed by atoms with Gasteiger partial charge < -0.3 is 28.1 Å². The first-order valence-electron chi connectivity index (χ1n) is 9.86. The van der Waals surface area contributed by atoms with Crippen LogP contribution >= 0.6 is 0 Å². The highest BCUT2D eigenvalue weighted by atomic mass is 16.5. The Labute approximate surface area is 185 Å². The predicted octanol–water partition coefficient (Wildman–Crippen LogP) is 4.05. The van der Waals surface area contributed by atoms with E-state index in [0.29, 0.717) is 39.8 Å². The second-order valence-electron chi connectivity index (χ2n) is 6.64. The smallest absolute Gasteiger partial charge is 0.340 e. The van der Waals surface area contributed by atoms with Crippen LogP contribution in [0.2, 0.25) is 0 Å². The molecule has 8 nitrogen and oxygen atoms in total. The Morgan fingerprint density at radius 2 is 1.62 bits per heavy atom. The van der Waals surface area contributed by atoms with Gasteiger partial charge in [-0.15, -0.1) is 0 Å². The molecule has 3 rings (SSSR count). The summed E-state index contributed by atoms with van der Waals surface area (Å²) in [6.07, 6.45) is 4.73. The standard InChI is InChI=1S/C24H25NO7/c1-6-32-24(27)17-14-19(25-10-9-16(28-2)13-18(17)25)20(26)8-7-15-11-21(29-3)23(31-5)22(12-15)30-4/h7-14H,6H2,1-5H3/b8-7+. The Bertz CT molecular complexity index is 1150. The summed E-state index contributed by atoms with van der Waals surface area (Å²) in [5.41, 5.74) is 1.80. The summed E-state index contributed by atoms with van der Waals surface area (Å²) in [6, 6.07) is 8.38. The largest absolute Gasteiger partial charge is 0.497 e. The molecule has 0 N–H and O–H groups in total. The van der Waals surface area contributed by atoms with Gasteiger partial charge in [0.1, 0.15) is 5.75 Å². The molecule has 0 saturated heterocycles. The molecule has 0 saturated carbocycles. The molecule has 168 valence electrons. The molecule has 0 unspecified atom stereocenters. The van der Waals surface area contributed by atoms with E-state index < -0.39 is 5.97 Å². The van der Waals surface area contributed by atoms with Crippen LogP contribution < -0.4 is 18.9 Å². The summed E-state index contributed by atoms with van der Waals surface area (Å²) in [5.74, 6) is 1.17. The van der Waals surface area contributed by atoms with E-state index in [-0.39, 0.29) is 18.0 Å². The lowest BCUT2D eigenvalue weighted by atomic mass is 10.1. The number of pyridine rings is 1. The van der Waals surface area contributed by atoms with Crippen molar-refractivity contribution in [2.75, 3.05) is 35.0 Å². The van der Waals surface area contributed by atoms with Crippen LogP contribution in [0.3, 0.4) is 0 Å². The molecule has 32 heavy (non-hydrogen) atoms. The molecule has 0 atom stereocenters. The predicted molar refractivity (Wildman–Crippen MR) is 119 cm³/mol. The van der Waals surface area contributed by atoms with Crippen LogP contribution in [0.1, 0.15) is 33.3 Å². The van der Waals surface area contributed by atoms with Gasteiger partial charge in [-0.1, -0.05) is 6.08 Å². The lowest BCUT2D eigenvalue weighted by Crippen LogP contribution is -2.04. The van der Waals surface area contributed by atoms with Gasteiger partial charge in [-0.25, -0.2) is 4.79 Å². The number of rotatable bonds is 9. The summed E-state index contributed by atoms with van der Waals surface area (Å²) in [5, 5.41) is 0. The van der Waals surface area contributed by atoms with Crippen molar-refractivity contribution in [3.05, 3.63) is 59.4 Å². The first-order valence-corrected chi connectivity index (χ1v) is 9.86. The molecule has 0 bridgehead atoms. The van der Waals surface area contributed by atoms with Crippen molar-refractivity contribution >= 4 is 23.3 Å². The number of benzene rings is 1. The van der Waals surface area contributed by atoms with E-state index in [4.69, 9.17) is 23.7 Å². The van der Waals surface area contributed by atoms with Gasteiger partial charge in [0.2, 0.25) is 11.5 Å². The average molecular weight is 439 g/mol. The minimum Gasteiger partial charge on any atom is -0.497 e. The number of carbonyl (C=O) groups is 2. The molecule has 0 aliphatic rings. The average Bonchev–Trinajstić information content (AvgIpc) is 3.20. The molecule has 2 heterocycles. The minimum absolute atomic E-state index is 0.227. The van der Waals surface area contributed by atoms with Crippen molar-refractivity contribution in [3.63, 3.8) is 0 Å². The second kappa shape index (κ2) is 9.91. The van der Waals surface area contributed by atoms with Crippen LogP contribution in [0, 0.1) is 0 Å². The number of allylic oxidation sites excluding steroid dienone is 1. The van der Waals surface area contributed by atoms with E-state index in [2.05, 4.69) is 0 Å². The lowest BCUT2D eigenvalue weighted by molar-refractivity contribution is 0.0529. The summed E-state index contributed by atoms with van der Waals surface area (Å²) in [4.78, 5) is 25.5. The van der Waals surface area contributed by atoms with Gasteiger partial charge in [0.05, 0.1) is 51.8 Å². The number of esters is 1. The third kappa shape index (κ3) is 4.39. The maximum atomic E-state index is 13.0. The van der Waals surface area contributed by atoms with Gasteiger partial charge >= 0.3 is 5.97 Å². The molecule has 2 aromatic heterocycles. The fraction of sp³-hybridized carbons (Fsp3) is 0.250. The van der Waals surface area contributed by atoms with Crippen molar-refractivity contribution < 1.29 is 33.3 Å². The number of ether oxygens (including phenoxy) is 5. The van der Waals surface area contributed by atoms with Gasteiger partial charge in [-0.05, 0) is 42.8 Å². The molecule has 0 aliphatic heterocycles. The molecular weight excluding hydrogens is 414 g/mol. The Hall–Kier alpha value is -3.94. The Balaban J connectivity index is 2.02. The quantitative estimate of drug-likeness (QED) is 0.283. The highest BCUT2D eigenvalue weighted by Gasteiger charge is 2.20. The molecule has 8 heteroatoms. The van der Waals surface area contributed by atoms with Crippen molar-refractivity contribution in [1.29, 1.82) is 0 Å². The zero-order chi connectivity index (χ0) is 23.3. The molecule has 0 radical (unpaired) electrons. The number of nitrogens with zero attached hydrogens (tertiary/aromatic N) is 1. The summed E-state index contributed by atoms with van der Waals surface area (Å²) in [7, 11) is 6.10. The second-order valence-corrected chi connectivity index (χ2v) is 6.64. The highest BCUT2D eigenvalue weighted by Crippen LogP contribution is 2.38. The van der Waals surface area contributed by atoms with E-state index in [1.807, 2.05) is 0 Å². The monoisotopic (exact) mass is 439 g/mol. The first-order chi connectivity index (χ1) is 15.5. The van der Waals surface area contributed by atoms with Gasteiger partial charge in [0.25, 0.3) is 0 Å². The van der Waals surface area contributed by atoms with E-state index in [1.54, 1.807) is 47.9 Å². The summed E-state index contributed by atoms with van der Waals surface area (Å²) < 4.78 is 28.1. The van der Waals surface area contributed by atoms with Crippen LogP contribution in [0.15, 0.2) is 42.6 Å². The number of fused-ring (bicyclic) bond motifs is 1. The number of hydrogen-bond donors (Lipinski definition) is 0. The van der Waals surface area contributed by atoms with E-state index in [9.17, 15) is 9.59 Å². The first kappa shape index (κ1) is 22.7. The van der Waals surface area contributed by atoms with Crippen LogP contribution in [0.25, 0.3) is 11.6 Å². The molecule has 0 aliphatic carbocycles. The topological polar surface area (TPSA) is 84.7 Å². The molecule has 0 fully saturated rings. The van der Waals surface area contributed by atoms with Crippen molar-refractivity contribution in [2.24, 2.45) is 0 Å². The fourth-order valence-electron chi connectivity index (χ4n) is 3.32. The normalized spacial score (nSPS) is 10.9. The number of ketones is 1. The molecular formula is C24H25NO7. The Morgan fingerprint density at radius 3 is 2.19 bits per heavy atom. The van der Waals surface area contributed by atoms with E-state index >= 15 is 0 Å². The van der Waals surface area contributed by atoms with Gasteiger partial charge in [0, 0.05) is 12.3 Å². The van der Waals surface area contributed by atoms with Crippen LogP contribution in [0.5, 0.6) is 23.0 Å². The Morgan fingerprint density at radius 1 is 0.938 bits per heavy atom. The highest BCUT2D eigenvalue weighted by molar-refractivity contribution is 6.09. The SMILES string of the molecule is CCOC(=O)c1cc(C(=O)/C=C/c2cc(OC)c(OC)c(OC)c2)n2ccc(OC)cc12. The number of hydrogen-bond acceptors (Lipinski definition) is 7. The molecule has 0 spiro atoms. The lowest BCUT2D eigenvalue weighted by Gasteiger charge is -2.12. The van der Waals surface area contributed by atoms with Crippen LogP contribution in [-0.4, -0.2) is 51.2 Å². The maximum Gasteiger partial charge on any atom is 0.340 e. The summed E-state index contributed by atoms with van der Waals surface area (Å²) >= 11 is 0. The van der Waals surface area contributed by atoms with E-state index in [0.717, 1.165) is 0 Å². The maximum absolute atomic E-state index is 13.0. The fourth-order valence-corrected chi connectivity index (χ4v) is 3.32. The zero-order valence-electron chi connectivity index (χ0n) is 18.6. The van der Waals surface area contributed by atoms with Crippen LogP contribution in [-0.2, 0) is 4.74 Å². The van der Waals surface area contributed by atoms with E-state index in [1.165, 1.54) is 40.6 Å². The number of aromatic nitrogens is 1. The molecule has 1 aromatic carbocycles. The van der Waals surface area contributed by atoms with Gasteiger partial charge in [-0.3, -0.25) is 4.79 Å². The van der Waals surface area contributed by atoms with Crippen LogP contribution in [0.4, 0.5) is 0 Å². The van der Waals surface area contributed by atoms with Crippen molar-refractivity contribution in [1.82, 2.24) is 4.40 Å². The molecule has 0 amide bonds. The molecule has 3 aromatic rings. The number of methoxy groups -OCH3 is 4. The third-order valence-electron chi connectivity index (χ3n) is 4.84. The van der Waals surface area contributed by atoms with Gasteiger partial charge in [-0.2, -0.15) is 0 Å². The van der Waals surface area contributed by atoms with Crippen molar-refractivity contribution in [3.8, 4) is 23.0 Å². The summed E-state index contributed by atoms with van der Waals surface area (Å²) in [6.45, 7) is 1.95. The van der Waals surface area contributed by atoms with Gasteiger partial charge in [0.15, 0.2) is 11.5 Å². The zero-order valence-corrected chi connectivity index (χ0v) is 18.6.